The Bertz CT molecular complexity index is 1240. The fraction of sp³-hybridized carbons (Fsp3) is 0.702. The third-order valence-electron chi connectivity index (χ3n) is 11.0. The number of carbonyl (C=O) groups is 3. The fourth-order valence-electron chi connectivity index (χ4n) is 7.06. The van der Waals surface area contributed by atoms with Crippen LogP contribution in [-0.4, -0.2) is 37.2 Å². The average molecular weight is 877 g/mol. The Morgan fingerprint density at radius 3 is 1.19 bits per heavy atom. The summed E-state index contributed by atoms with van der Waals surface area (Å²) in [4.78, 5) is 37.9. The molecule has 0 saturated heterocycles. The third-order valence-corrected chi connectivity index (χ3v) is 11.0. The lowest BCUT2D eigenvalue weighted by atomic mass is 10.0. The van der Waals surface area contributed by atoms with Gasteiger partial charge in [0.05, 0.1) is 0 Å². The van der Waals surface area contributed by atoms with Crippen LogP contribution in [0.4, 0.5) is 0 Å². The highest BCUT2D eigenvalue weighted by Crippen LogP contribution is 2.15. The molecule has 63 heavy (non-hydrogen) atoms. The van der Waals surface area contributed by atoms with Crippen LogP contribution in [0.15, 0.2) is 85.1 Å². The smallest absolute Gasteiger partial charge is 0.306 e. The minimum atomic E-state index is -0.811. The van der Waals surface area contributed by atoms with Crippen LogP contribution < -0.4 is 0 Å². The molecular formula is C57H96O6. The molecule has 1 unspecified atom stereocenters. The quantitative estimate of drug-likeness (QED) is 0.0199. The highest BCUT2D eigenvalue weighted by Gasteiger charge is 2.19. The summed E-state index contributed by atoms with van der Waals surface area (Å²) in [5, 5.41) is 0. The molecule has 0 aromatic carbocycles. The van der Waals surface area contributed by atoms with Crippen molar-refractivity contribution in [1.29, 1.82) is 0 Å². The van der Waals surface area contributed by atoms with Crippen molar-refractivity contribution in [2.75, 3.05) is 13.2 Å². The lowest BCUT2D eigenvalue weighted by molar-refractivity contribution is -0.167. The van der Waals surface area contributed by atoms with Gasteiger partial charge in [0, 0.05) is 19.3 Å². The molecule has 0 fully saturated rings. The number of ether oxygens (including phenoxy) is 3. The number of rotatable bonds is 46. The Balaban J connectivity index is 4.50. The molecule has 0 aliphatic rings. The van der Waals surface area contributed by atoms with E-state index in [-0.39, 0.29) is 37.5 Å². The van der Waals surface area contributed by atoms with E-state index >= 15 is 0 Å². The number of carbonyl (C=O) groups excluding carboxylic acids is 3. The first-order chi connectivity index (χ1) is 31.0. The molecular weight excluding hydrogens is 781 g/mol. The van der Waals surface area contributed by atoms with Gasteiger partial charge in [-0.2, -0.15) is 0 Å². The first-order valence-corrected chi connectivity index (χ1v) is 26.1. The summed E-state index contributed by atoms with van der Waals surface area (Å²) in [5.41, 5.74) is 0. The molecule has 6 heteroatoms. The van der Waals surface area contributed by atoms with Gasteiger partial charge in [-0.15, -0.1) is 0 Å². The van der Waals surface area contributed by atoms with Crippen molar-refractivity contribution in [3.63, 3.8) is 0 Å². The first kappa shape index (κ1) is 59.6. The normalized spacial score (nSPS) is 12.7. The van der Waals surface area contributed by atoms with Gasteiger partial charge in [0.2, 0.25) is 0 Å². The Morgan fingerprint density at radius 2 is 0.698 bits per heavy atom. The molecule has 0 radical (unpaired) electrons. The molecule has 0 amide bonds. The Labute approximate surface area is 388 Å². The predicted molar refractivity (Wildman–Crippen MR) is 270 cm³/mol. The monoisotopic (exact) mass is 877 g/mol. The number of hydrogen-bond acceptors (Lipinski definition) is 6. The minimum Gasteiger partial charge on any atom is -0.462 e. The van der Waals surface area contributed by atoms with Crippen LogP contribution in [0, 0.1) is 0 Å². The molecule has 0 aliphatic heterocycles. The van der Waals surface area contributed by atoms with Gasteiger partial charge in [0.15, 0.2) is 6.10 Å². The molecule has 0 bridgehead atoms. The Morgan fingerprint density at radius 1 is 0.349 bits per heavy atom. The predicted octanol–water partition coefficient (Wildman–Crippen LogP) is 17.2. The van der Waals surface area contributed by atoms with E-state index in [1.807, 2.05) is 36.5 Å². The summed E-state index contributed by atoms with van der Waals surface area (Å²) in [5.74, 6) is -0.998. The van der Waals surface area contributed by atoms with Crippen molar-refractivity contribution in [2.24, 2.45) is 0 Å². The maximum Gasteiger partial charge on any atom is 0.306 e. The SMILES string of the molecule is CC/C=C/C=C/C=C/C=C/CCCCCC(=O)OCC(COC(=O)CCC/C=C/C/C=C/C/C=C/CCCCCCCC)OC(=O)CCCCCCCCCCCCCCCCC. The summed E-state index contributed by atoms with van der Waals surface area (Å²) in [7, 11) is 0. The molecule has 0 N–H and O–H groups in total. The van der Waals surface area contributed by atoms with Gasteiger partial charge < -0.3 is 14.2 Å². The Hall–Kier alpha value is -3.41. The topological polar surface area (TPSA) is 78.9 Å². The van der Waals surface area contributed by atoms with Crippen molar-refractivity contribution in [2.45, 2.75) is 245 Å². The summed E-state index contributed by atoms with van der Waals surface area (Å²) < 4.78 is 16.7. The maximum absolute atomic E-state index is 12.8. The van der Waals surface area contributed by atoms with Crippen molar-refractivity contribution < 1.29 is 28.6 Å². The zero-order chi connectivity index (χ0) is 45.8. The minimum absolute atomic E-state index is 0.111. The number of unbranched alkanes of at least 4 members (excludes halogenated alkanes) is 24. The van der Waals surface area contributed by atoms with Crippen LogP contribution in [0.3, 0.4) is 0 Å². The lowest BCUT2D eigenvalue weighted by Gasteiger charge is -2.18. The zero-order valence-electron chi connectivity index (χ0n) is 41.1. The molecule has 0 rings (SSSR count). The molecule has 0 heterocycles. The lowest BCUT2D eigenvalue weighted by Crippen LogP contribution is -2.30. The summed E-state index contributed by atoms with van der Waals surface area (Å²) in [6.45, 7) is 6.41. The van der Waals surface area contributed by atoms with E-state index in [1.165, 1.54) is 122 Å². The summed E-state index contributed by atoms with van der Waals surface area (Å²) in [6, 6.07) is 0. The molecule has 0 spiro atoms. The highest BCUT2D eigenvalue weighted by atomic mass is 16.6. The number of esters is 3. The van der Waals surface area contributed by atoms with E-state index in [1.54, 1.807) is 0 Å². The van der Waals surface area contributed by atoms with Crippen molar-refractivity contribution in [1.82, 2.24) is 0 Å². The third kappa shape index (κ3) is 49.5. The first-order valence-electron chi connectivity index (χ1n) is 26.1. The molecule has 1 atom stereocenters. The molecule has 0 saturated carbocycles. The number of allylic oxidation sites excluding steroid dienone is 14. The molecule has 6 nitrogen and oxygen atoms in total. The van der Waals surface area contributed by atoms with Crippen LogP contribution in [0.2, 0.25) is 0 Å². The molecule has 0 aliphatic carbocycles. The van der Waals surface area contributed by atoms with E-state index in [0.29, 0.717) is 19.3 Å². The molecule has 360 valence electrons. The van der Waals surface area contributed by atoms with E-state index in [0.717, 1.165) is 70.6 Å². The maximum atomic E-state index is 12.8. The van der Waals surface area contributed by atoms with Gasteiger partial charge in [-0.1, -0.05) is 234 Å². The summed E-state index contributed by atoms with van der Waals surface area (Å²) in [6.07, 6.45) is 65.7. The second-order valence-corrected chi connectivity index (χ2v) is 17.1. The van der Waals surface area contributed by atoms with E-state index in [9.17, 15) is 14.4 Å². The average Bonchev–Trinajstić information content (AvgIpc) is 3.28. The highest BCUT2D eigenvalue weighted by molar-refractivity contribution is 5.71. The standard InChI is InChI=1S/C57H96O6/c1-4-7-10-13-16-19-22-25-27-28-30-32-35-38-41-44-47-50-56(59)62-53-54(52-61-55(58)49-46-43-40-37-34-31-24-21-18-15-12-9-6-3)63-57(60)51-48-45-42-39-36-33-29-26-23-20-17-14-11-8-5-2/h9,12,15,18,21,24-25,27,30-32,34,38,41,54H,4-8,10-11,13-14,16-17,19-20,22-23,26,28-29,33,35-37,39-40,42-53H2,1-3H3/b12-9+,18-15+,24-21+,27-25+,32-30+,34-31+,41-38+. The van der Waals surface area contributed by atoms with Crippen LogP contribution in [0.5, 0.6) is 0 Å². The van der Waals surface area contributed by atoms with E-state index in [4.69, 9.17) is 14.2 Å². The number of hydrogen-bond donors (Lipinski definition) is 0. The van der Waals surface area contributed by atoms with Crippen molar-refractivity contribution >= 4 is 17.9 Å². The van der Waals surface area contributed by atoms with Crippen molar-refractivity contribution in [3.05, 3.63) is 85.1 Å². The molecule has 0 aromatic heterocycles. The second-order valence-electron chi connectivity index (χ2n) is 17.1. The van der Waals surface area contributed by atoms with Gasteiger partial charge in [-0.25, -0.2) is 0 Å². The van der Waals surface area contributed by atoms with Crippen LogP contribution in [0.25, 0.3) is 0 Å². The van der Waals surface area contributed by atoms with Gasteiger partial charge in [-0.05, 0) is 70.6 Å². The van der Waals surface area contributed by atoms with Gasteiger partial charge >= 0.3 is 17.9 Å². The molecule has 0 aromatic rings. The summed E-state index contributed by atoms with van der Waals surface area (Å²) >= 11 is 0. The van der Waals surface area contributed by atoms with Crippen LogP contribution in [0.1, 0.15) is 239 Å². The van der Waals surface area contributed by atoms with Crippen LogP contribution in [-0.2, 0) is 28.6 Å². The van der Waals surface area contributed by atoms with E-state index < -0.39 is 6.10 Å². The Kier molecular flexibility index (Phi) is 48.5. The largest absolute Gasteiger partial charge is 0.462 e. The van der Waals surface area contributed by atoms with Gasteiger partial charge in [-0.3, -0.25) is 14.4 Å². The van der Waals surface area contributed by atoms with Crippen molar-refractivity contribution in [3.8, 4) is 0 Å². The van der Waals surface area contributed by atoms with E-state index in [2.05, 4.69) is 69.4 Å². The van der Waals surface area contributed by atoms with Gasteiger partial charge in [0.25, 0.3) is 0 Å². The fourth-order valence-corrected chi connectivity index (χ4v) is 7.06. The second kappa shape index (κ2) is 51.2. The zero-order valence-corrected chi connectivity index (χ0v) is 41.1. The van der Waals surface area contributed by atoms with Crippen LogP contribution >= 0.6 is 0 Å². The van der Waals surface area contributed by atoms with Gasteiger partial charge in [0.1, 0.15) is 13.2 Å².